The molecule has 0 radical (unpaired) electrons. The predicted molar refractivity (Wildman–Crippen MR) is 79.3 cm³/mol. The molecule has 2 aromatic rings. The van der Waals surface area contributed by atoms with Crippen molar-refractivity contribution in [1.29, 1.82) is 0 Å². The lowest BCUT2D eigenvalue weighted by atomic mass is 10.0. The van der Waals surface area contributed by atoms with E-state index in [2.05, 4.69) is 27.4 Å². The molecule has 0 aliphatic rings. The van der Waals surface area contributed by atoms with E-state index in [-0.39, 0.29) is 12.0 Å². The Morgan fingerprint density at radius 2 is 2.14 bits per heavy atom. The molecule has 114 valence electrons. The van der Waals surface area contributed by atoms with Gasteiger partial charge in [0.1, 0.15) is 5.82 Å². The summed E-state index contributed by atoms with van der Waals surface area (Å²) in [6, 6.07) is 0.196. The smallest absolute Gasteiger partial charge is 0.306 e. The first-order valence-corrected chi connectivity index (χ1v) is 7.14. The number of carboxylic acids is 1. The Balaban J connectivity index is 1.92. The zero-order valence-electron chi connectivity index (χ0n) is 12.6. The Hall–Kier alpha value is -2.18. The van der Waals surface area contributed by atoms with Crippen LogP contribution in [0, 0.1) is 12.8 Å². The molecule has 0 saturated heterocycles. The minimum atomic E-state index is -0.735. The fraction of sp³-hybridized carbons (Fsp3) is 0.571. The average molecular weight is 291 g/mol. The summed E-state index contributed by atoms with van der Waals surface area (Å²) in [5, 5.41) is 20.3. The summed E-state index contributed by atoms with van der Waals surface area (Å²) in [6.45, 7) is 5.68. The Morgan fingerprint density at radius 3 is 2.86 bits per heavy atom. The van der Waals surface area contributed by atoms with Crippen LogP contribution in [-0.4, -0.2) is 36.7 Å². The quantitative estimate of drug-likeness (QED) is 0.811. The molecule has 0 spiro atoms. The Kier molecular flexibility index (Phi) is 4.72. The normalized spacial score (nSPS) is 14.0. The predicted octanol–water partition coefficient (Wildman–Crippen LogP) is 2.12. The molecular weight excluding hydrogens is 270 g/mol. The standard InChI is InChI=1S/C14H21N5O2/c1-9(14(20)21)5-4-6-10(2)16-12-13-18-17-11(3)19(13)8-7-15-12/h7-10H,4-6H2,1-3H3,(H,15,16)(H,20,21). The van der Waals surface area contributed by atoms with Crippen LogP contribution in [0.2, 0.25) is 0 Å². The van der Waals surface area contributed by atoms with Gasteiger partial charge in [-0.05, 0) is 26.7 Å². The lowest BCUT2D eigenvalue weighted by Gasteiger charge is -2.15. The van der Waals surface area contributed by atoms with Gasteiger partial charge in [-0.1, -0.05) is 13.3 Å². The van der Waals surface area contributed by atoms with E-state index in [9.17, 15) is 4.79 Å². The number of aromatic nitrogens is 4. The number of nitrogens with zero attached hydrogens (tertiary/aromatic N) is 4. The summed E-state index contributed by atoms with van der Waals surface area (Å²) in [5.41, 5.74) is 0.709. The highest BCUT2D eigenvalue weighted by molar-refractivity contribution is 5.69. The van der Waals surface area contributed by atoms with E-state index in [4.69, 9.17) is 5.11 Å². The van der Waals surface area contributed by atoms with Crippen LogP contribution in [0.15, 0.2) is 12.4 Å². The van der Waals surface area contributed by atoms with Gasteiger partial charge in [0.15, 0.2) is 5.82 Å². The Bertz CT molecular complexity index is 625. The first-order chi connectivity index (χ1) is 9.99. The van der Waals surface area contributed by atoms with E-state index in [0.29, 0.717) is 17.9 Å². The second kappa shape index (κ2) is 6.51. The maximum atomic E-state index is 10.8. The summed E-state index contributed by atoms with van der Waals surface area (Å²) < 4.78 is 1.88. The lowest BCUT2D eigenvalue weighted by molar-refractivity contribution is -0.141. The van der Waals surface area contributed by atoms with Crippen molar-refractivity contribution in [2.45, 2.75) is 46.1 Å². The molecule has 2 heterocycles. The van der Waals surface area contributed by atoms with Crippen LogP contribution in [0.1, 0.15) is 38.9 Å². The Morgan fingerprint density at radius 1 is 1.38 bits per heavy atom. The molecule has 2 aromatic heterocycles. The third-order valence-corrected chi connectivity index (χ3v) is 3.58. The van der Waals surface area contributed by atoms with E-state index in [0.717, 1.165) is 18.7 Å². The van der Waals surface area contributed by atoms with Gasteiger partial charge in [-0.2, -0.15) is 0 Å². The van der Waals surface area contributed by atoms with E-state index in [1.54, 1.807) is 13.1 Å². The van der Waals surface area contributed by atoms with Crippen molar-refractivity contribution in [2.24, 2.45) is 5.92 Å². The summed E-state index contributed by atoms with van der Waals surface area (Å²) in [4.78, 5) is 15.1. The van der Waals surface area contributed by atoms with Gasteiger partial charge in [0.25, 0.3) is 0 Å². The third kappa shape index (κ3) is 3.68. The van der Waals surface area contributed by atoms with Gasteiger partial charge in [-0.3, -0.25) is 9.20 Å². The molecule has 0 aromatic carbocycles. The average Bonchev–Trinajstić information content (AvgIpc) is 2.81. The number of aryl methyl sites for hydroxylation is 1. The zero-order chi connectivity index (χ0) is 15.4. The minimum absolute atomic E-state index is 0.196. The van der Waals surface area contributed by atoms with Crippen molar-refractivity contribution in [3.05, 3.63) is 18.2 Å². The molecule has 2 rings (SSSR count). The van der Waals surface area contributed by atoms with Gasteiger partial charge in [-0.15, -0.1) is 10.2 Å². The van der Waals surface area contributed by atoms with Crippen LogP contribution in [0.5, 0.6) is 0 Å². The first-order valence-electron chi connectivity index (χ1n) is 7.14. The molecule has 0 bridgehead atoms. The number of nitrogens with one attached hydrogen (secondary N) is 1. The molecule has 21 heavy (non-hydrogen) atoms. The third-order valence-electron chi connectivity index (χ3n) is 3.58. The lowest BCUT2D eigenvalue weighted by Crippen LogP contribution is -2.18. The van der Waals surface area contributed by atoms with Crippen LogP contribution in [0.4, 0.5) is 5.82 Å². The largest absolute Gasteiger partial charge is 0.481 e. The molecule has 0 aliphatic heterocycles. The molecule has 0 saturated carbocycles. The summed E-state index contributed by atoms with van der Waals surface area (Å²) >= 11 is 0. The fourth-order valence-corrected chi connectivity index (χ4v) is 2.20. The highest BCUT2D eigenvalue weighted by atomic mass is 16.4. The van der Waals surface area contributed by atoms with Crippen molar-refractivity contribution in [3.8, 4) is 0 Å². The molecule has 2 unspecified atom stereocenters. The van der Waals surface area contributed by atoms with E-state index in [1.807, 2.05) is 17.5 Å². The molecule has 0 amide bonds. The van der Waals surface area contributed by atoms with Crippen molar-refractivity contribution >= 4 is 17.4 Å². The molecule has 0 aliphatic carbocycles. The highest BCUT2D eigenvalue weighted by Gasteiger charge is 2.13. The van der Waals surface area contributed by atoms with E-state index in [1.165, 1.54) is 0 Å². The second-order valence-electron chi connectivity index (χ2n) is 5.43. The number of hydrogen-bond acceptors (Lipinski definition) is 5. The Labute approximate surface area is 123 Å². The molecular formula is C14H21N5O2. The van der Waals surface area contributed by atoms with E-state index < -0.39 is 5.97 Å². The van der Waals surface area contributed by atoms with E-state index >= 15 is 0 Å². The minimum Gasteiger partial charge on any atom is -0.481 e. The fourth-order valence-electron chi connectivity index (χ4n) is 2.20. The molecule has 0 fully saturated rings. The maximum Gasteiger partial charge on any atom is 0.306 e. The van der Waals surface area contributed by atoms with Crippen molar-refractivity contribution < 1.29 is 9.90 Å². The summed E-state index contributed by atoms with van der Waals surface area (Å²) in [7, 11) is 0. The number of hydrogen-bond donors (Lipinski definition) is 2. The number of carbonyl (C=O) groups is 1. The van der Waals surface area contributed by atoms with Crippen LogP contribution in [-0.2, 0) is 4.79 Å². The number of fused-ring (bicyclic) bond motifs is 1. The number of rotatable bonds is 7. The second-order valence-corrected chi connectivity index (χ2v) is 5.43. The molecule has 2 N–H and O–H groups in total. The molecule has 7 nitrogen and oxygen atoms in total. The van der Waals surface area contributed by atoms with Crippen molar-refractivity contribution in [1.82, 2.24) is 19.6 Å². The molecule has 7 heteroatoms. The van der Waals surface area contributed by atoms with Gasteiger partial charge in [0.2, 0.25) is 5.65 Å². The van der Waals surface area contributed by atoms with Crippen LogP contribution in [0.3, 0.4) is 0 Å². The topological polar surface area (TPSA) is 92.4 Å². The zero-order valence-corrected chi connectivity index (χ0v) is 12.6. The number of carboxylic acid groups (broad SMARTS) is 1. The monoisotopic (exact) mass is 291 g/mol. The number of aliphatic carboxylic acids is 1. The molecule has 2 atom stereocenters. The van der Waals surface area contributed by atoms with Crippen LogP contribution >= 0.6 is 0 Å². The van der Waals surface area contributed by atoms with Crippen molar-refractivity contribution in [3.63, 3.8) is 0 Å². The highest BCUT2D eigenvalue weighted by Crippen LogP contribution is 2.16. The van der Waals surface area contributed by atoms with Gasteiger partial charge in [0, 0.05) is 18.4 Å². The van der Waals surface area contributed by atoms with Gasteiger partial charge >= 0.3 is 5.97 Å². The first kappa shape index (κ1) is 15.2. The van der Waals surface area contributed by atoms with Crippen LogP contribution < -0.4 is 5.32 Å². The number of anilines is 1. The summed E-state index contributed by atoms with van der Waals surface area (Å²) in [6.07, 6.45) is 5.97. The van der Waals surface area contributed by atoms with Crippen molar-refractivity contribution in [2.75, 3.05) is 5.32 Å². The van der Waals surface area contributed by atoms with Crippen LogP contribution in [0.25, 0.3) is 5.65 Å². The van der Waals surface area contributed by atoms with Gasteiger partial charge < -0.3 is 10.4 Å². The summed E-state index contributed by atoms with van der Waals surface area (Å²) in [5.74, 6) is 0.495. The van der Waals surface area contributed by atoms with Gasteiger partial charge in [-0.25, -0.2) is 4.98 Å². The maximum absolute atomic E-state index is 10.8. The SMILES string of the molecule is Cc1nnc2c(NC(C)CCCC(C)C(=O)O)nccn12. The van der Waals surface area contributed by atoms with Gasteiger partial charge in [0.05, 0.1) is 5.92 Å².